The summed E-state index contributed by atoms with van der Waals surface area (Å²) in [5, 5.41) is 9.74. The Morgan fingerprint density at radius 1 is 1.19 bits per heavy atom. The highest BCUT2D eigenvalue weighted by atomic mass is 35.5. The van der Waals surface area contributed by atoms with Gasteiger partial charge in [0.25, 0.3) is 5.56 Å². The van der Waals surface area contributed by atoms with Crippen LogP contribution in [0, 0.1) is 0 Å². The molecule has 0 saturated heterocycles. The number of halogens is 1. The molecule has 0 radical (unpaired) electrons. The first kappa shape index (κ1) is 21.0. The molecule has 4 aromatic rings. The van der Waals surface area contributed by atoms with Gasteiger partial charge < -0.3 is 10.1 Å². The van der Waals surface area contributed by atoms with Crippen LogP contribution in [0.2, 0.25) is 5.02 Å². The lowest BCUT2D eigenvalue weighted by Crippen LogP contribution is -2.26. The van der Waals surface area contributed by atoms with Gasteiger partial charge in [-0.15, -0.1) is 11.3 Å². The van der Waals surface area contributed by atoms with Crippen LogP contribution >= 0.6 is 22.9 Å². The predicted octanol–water partition coefficient (Wildman–Crippen LogP) is 3.26. The van der Waals surface area contributed by atoms with Gasteiger partial charge in [-0.25, -0.2) is 4.52 Å². The zero-order chi connectivity index (χ0) is 21.8. The van der Waals surface area contributed by atoms with Crippen molar-refractivity contribution in [3.8, 4) is 5.75 Å². The molecule has 0 fully saturated rings. The minimum Gasteiger partial charge on any atom is -0.497 e. The van der Waals surface area contributed by atoms with Crippen LogP contribution in [0.4, 0.5) is 0 Å². The zero-order valence-electron chi connectivity index (χ0n) is 16.7. The van der Waals surface area contributed by atoms with Crippen molar-refractivity contribution in [3.05, 3.63) is 91.8 Å². The van der Waals surface area contributed by atoms with E-state index in [1.165, 1.54) is 11.3 Å². The average Bonchev–Trinajstić information content (AvgIpc) is 3.15. The molecular weight excluding hydrogens is 436 g/mol. The Kier molecular flexibility index (Phi) is 6.29. The first-order valence-electron chi connectivity index (χ1n) is 9.53. The number of ether oxygens (including phenoxy) is 1. The standard InChI is InChI=1S/C22H19ClN4O3S/c1-30-17-8-6-14(7-9-17)10-19-21(29)25-22-27(26-19)16(13-31-22)11-20(28)24-12-15-4-2-3-5-18(15)23/h2-9,13H,10-12H2,1H3,(H,24,28). The molecule has 31 heavy (non-hydrogen) atoms. The second kappa shape index (κ2) is 9.28. The number of hydrogen-bond donors (Lipinski definition) is 1. The van der Waals surface area contributed by atoms with Crippen molar-refractivity contribution in [2.24, 2.45) is 0 Å². The van der Waals surface area contributed by atoms with Gasteiger partial charge in [0.2, 0.25) is 10.9 Å². The lowest BCUT2D eigenvalue weighted by molar-refractivity contribution is -0.120. The zero-order valence-corrected chi connectivity index (χ0v) is 18.2. The molecule has 0 spiro atoms. The number of carbonyl (C=O) groups excluding carboxylic acids is 1. The van der Waals surface area contributed by atoms with E-state index in [9.17, 15) is 9.59 Å². The smallest absolute Gasteiger partial charge is 0.296 e. The molecule has 0 aliphatic heterocycles. The third-order valence-corrected chi connectivity index (χ3v) is 5.96. The third kappa shape index (κ3) is 4.92. The molecule has 0 atom stereocenters. The molecule has 1 amide bonds. The Morgan fingerprint density at radius 3 is 2.71 bits per heavy atom. The van der Waals surface area contributed by atoms with Gasteiger partial charge in [-0.3, -0.25) is 9.59 Å². The Hall–Kier alpha value is -3.23. The molecule has 158 valence electrons. The molecule has 2 aromatic carbocycles. The summed E-state index contributed by atoms with van der Waals surface area (Å²) >= 11 is 7.41. The van der Waals surface area contributed by atoms with Crippen LogP contribution in [-0.4, -0.2) is 27.6 Å². The summed E-state index contributed by atoms with van der Waals surface area (Å²) in [6, 6.07) is 14.8. The van der Waals surface area contributed by atoms with Crippen LogP contribution < -0.4 is 15.6 Å². The van der Waals surface area contributed by atoms with Crippen molar-refractivity contribution < 1.29 is 9.53 Å². The number of fused-ring (bicyclic) bond motifs is 1. The van der Waals surface area contributed by atoms with Crippen molar-refractivity contribution >= 4 is 33.8 Å². The number of carbonyl (C=O) groups is 1. The fraction of sp³-hybridized carbons (Fsp3) is 0.182. The van der Waals surface area contributed by atoms with Crippen molar-refractivity contribution in [3.63, 3.8) is 0 Å². The van der Waals surface area contributed by atoms with Gasteiger partial charge in [-0.1, -0.05) is 41.9 Å². The van der Waals surface area contributed by atoms with E-state index in [2.05, 4.69) is 15.4 Å². The van der Waals surface area contributed by atoms with E-state index < -0.39 is 0 Å². The maximum absolute atomic E-state index is 12.5. The molecular formula is C22H19ClN4O3S. The van der Waals surface area contributed by atoms with Gasteiger partial charge in [0.1, 0.15) is 11.4 Å². The number of aromatic nitrogens is 3. The largest absolute Gasteiger partial charge is 0.497 e. The summed E-state index contributed by atoms with van der Waals surface area (Å²) in [6.45, 7) is 0.338. The van der Waals surface area contributed by atoms with Crippen LogP contribution in [0.5, 0.6) is 5.75 Å². The number of rotatable bonds is 7. The first-order chi connectivity index (χ1) is 15.0. The molecule has 0 aliphatic carbocycles. The summed E-state index contributed by atoms with van der Waals surface area (Å²) in [5.74, 6) is 0.571. The highest BCUT2D eigenvalue weighted by Crippen LogP contribution is 2.17. The molecule has 0 aliphatic rings. The normalized spacial score (nSPS) is 10.9. The minimum atomic E-state index is -0.368. The molecule has 9 heteroatoms. The van der Waals surface area contributed by atoms with Gasteiger partial charge in [-0.2, -0.15) is 10.1 Å². The fourth-order valence-electron chi connectivity index (χ4n) is 3.07. The van der Waals surface area contributed by atoms with E-state index in [1.54, 1.807) is 23.1 Å². The quantitative estimate of drug-likeness (QED) is 0.463. The summed E-state index contributed by atoms with van der Waals surface area (Å²) < 4.78 is 6.73. The van der Waals surface area contributed by atoms with Gasteiger partial charge in [0.05, 0.1) is 19.2 Å². The lowest BCUT2D eigenvalue weighted by atomic mass is 10.1. The monoisotopic (exact) mass is 454 g/mol. The van der Waals surface area contributed by atoms with E-state index in [4.69, 9.17) is 16.3 Å². The molecule has 0 bridgehead atoms. The molecule has 2 aromatic heterocycles. The SMILES string of the molecule is COc1ccc(Cc2nn3c(CC(=O)NCc4ccccc4Cl)csc3nc2=O)cc1. The number of methoxy groups -OCH3 is 1. The predicted molar refractivity (Wildman–Crippen MR) is 120 cm³/mol. The third-order valence-electron chi connectivity index (χ3n) is 4.72. The molecule has 2 heterocycles. The van der Waals surface area contributed by atoms with Gasteiger partial charge in [0.15, 0.2) is 0 Å². The highest BCUT2D eigenvalue weighted by molar-refractivity contribution is 7.15. The number of hydrogen-bond acceptors (Lipinski definition) is 6. The minimum absolute atomic E-state index is 0.115. The van der Waals surface area contributed by atoms with E-state index in [0.717, 1.165) is 16.9 Å². The average molecular weight is 455 g/mol. The second-order valence-electron chi connectivity index (χ2n) is 6.85. The second-order valence-corrected chi connectivity index (χ2v) is 8.10. The van der Waals surface area contributed by atoms with Crippen molar-refractivity contribution in [1.29, 1.82) is 0 Å². The first-order valence-corrected chi connectivity index (χ1v) is 10.8. The number of amides is 1. The van der Waals surface area contributed by atoms with E-state index in [1.807, 2.05) is 42.5 Å². The van der Waals surface area contributed by atoms with Crippen LogP contribution in [0.15, 0.2) is 58.7 Å². The van der Waals surface area contributed by atoms with Gasteiger partial charge in [-0.05, 0) is 29.3 Å². The van der Waals surface area contributed by atoms with Crippen molar-refractivity contribution in [2.45, 2.75) is 19.4 Å². The Morgan fingerprint density at radius 2 is 1.97 bits per heavy atom. The Balaban J connectivity index is 1.50. The number of nitrogens with one attached hydrogen (secondary N) is 1. The summed E-state index contributed by atoms with van der Waals surface area (Å²) in [6.07, 6.45) is 0.455. The molecule has 1 N–H and O–H groups in total. The summed E-state index contributed by atoms with van der Waals surface area (Å²) in [4.78, 5) is 29.4. The number of benzene rings is 2. The van der Waals surface area contributed by atoms with Gasteiger partial charge in [0, 0.05) is 23.4 Å². The summed E-state index contributed by atoms with van der Waals surface area (Å²) in [5.41, 5.74) is 2.38. The topological polar surface area (TPSA) is 85.6 Å². The van der Waals surface area contributed by atoms with E-state index in [0.29, 0.717) is 34.3 Å². The molecule has 4 rings (SSSR count). The fourth-order valence-corrected chi connectivity index (χ4v) is 4.09. The Labute approximate surface area is 187 Å². The molecule has 7 nitrogen and oxygen atoms in total. The van der Waals surface area contributed by atoms with Gasteiger partial charge >= 0.3 is 0 Å². The highest BCUT2D eigenvalue weighted by Gasteiger charge is 2.14. The van der Waals surface area contributed by atoms with Crippen LogP contribution in [0.25, 0.3) is 4.96 Å². The summed E-state index contributed by atoms with van der Waals surface area (Å²) in [7, 11) is 1.60. The van der Waals surface area contributed by atoms with E-state index >= 15 is 0 Å². The van der Waals surface area contributed by atoms with Crippen molar-refractivity contribution in [1.82, 2.24) is 19.9 Å². The maximum Gasteiger partial charge on any atom is 0.296 e. The number of thiazole rings is 1. The van der Waals surface area contributed by atoms with Crippen LogP contribution in [-0.2, 0) is 24.2 Å². The van der Waals surface area contributed by atoms with Crippen LogP contribution in [0.1, 0.15) is 22.5 Å². The lowest BCUT2D eigenvalue weighted by Gasteiger charge is -2.07. The van der Waals surface area contributed by atoms with Crippen molar-refractivity contribution in [2.75, 3.05) is 7.11 Å². The maximum atomic E-state index is 12.5. The van der Waals surface area contributed by atoms with E-state index in [-0.39, 0.29) is 17.9 Å². The molecule has 0 saturated carbocycles. The molecule has 0 unspecified atom stereocenters. The Bertz CT molecular complexity index is 1280. The number of nitrogens with zero attached hydrogens (tertiary/aromatic N) is 3. The van der Waals surface area contributed by atoms with Crippen LogP contribution in [0.3, 0.4) is 0 Å².